The third-order valence-corrected chi connectivity index (χ3v) is 4.54. The van der Waals surface area contributed by atoms with Crippen LogP contribution in [0.2, 0.25) is 5.02 Å². The molecule has 1 fully saturated rings. The van der Waals surface area contributed by atoms with Crippen LogP contribution in [0.1, 0.15) is 32.5 Å². The number of nitrogens with two attached hydrogens (primary N) is 1. The molecule has 1 aliphatic heterocycles. The van der Waals surface area contributed by atoms with Crippen LogP contribution in [0.25, 0.3) is 0 Å². The molecule has 0 bridgehead atoms. The van der Waals surface area contributed by atoms with E-state index in [1.807, 2.05) is 45.0 Å². The molecule has 1 aromatic carbocycles. The molecule has 7 nitrogen and oxygen atoms in total. The number of halogens is 2. The number of hydrogen-bond donors (Lipinski definition) is 1. The molecule has 27 heavy (non-hydrogen) atoms. The lowest BCUT2D eigenvalue weighted by Crippen LogP contribution is -2.51. The van der Waals surface area contributed by atoms with Crippen molar-refractivity contribution < 1.29 is 4.52 Å². The molecular weight excluding hydrogens is 479 g/mol. The SMILES string of the molecule is CC(C)(C)c1nc(CN=C(N)N2CCN(c3ccc(Cl)cc3)CC2)no1.I. The average Bonchev–Trinajstić information content (AvgIpc) is 3.10. The molecule has 2 aromatic rings. The molecule has 0 unspecified atom stereocenters. The summed E-state index contributed by atoms with van der Waals surface area (Å²) in [6, 6.07) is 7.91. The molecule has 0 amide bonds. The maximum Gasteiger partial charge on any atom is 0.232 e. The largest absolute Gasteiger partial charge is 0.370 e. The second-order valence-electron chi connectivity index (χ2n) is 7.39. The van der Waals surface area contributed by atoms with E-state index in [9.17, 15) is 0 Å². The van der Waals surface area contributed by atoms with Crippen molar-refractivity contribution in [2.24, 2.45) is 10.7 Å². The van der Waals surface area contributed by atoms with Crippen LogP contribution < -0.4 is 10.6 Å². The maximum absolute atomic E-state index is 6.15. The highest BCUT2D eigenvalue weighted by Crippen LogP contribution is 2.20. The van der Waals surface area contributed by atoms with E-state index < -0.39 is 0 Å². The van der Waals surface area contributed by atoms with Crippen LogP contribution in [-0.4, -0.2) is 47.2 Å². The first-order chi connectivity index (χ1) is 12.3. The molecule has 0 atom stereocenters. The maximum atomic E-state index is 6.15. The van der Waals surface area contributed by atoms with E-state index in [0.29, 0.717) is 24.2 Å². The standard InChI is InChI=1S/C18H25ClN6O.HI/c1-18(2,3)16-22-15(23-26-16)12-21-17(20)25-10-8-24(9-11-25)14-6-4-13(19)5-7-14;/h4-7H,8-12H2,1-3H3,(H2,20,21);1H. The van der Waals surface area contributed by atoms with Crippen LogP contribution >= 0.6 is 35.6 Å². The summed E-state index contributed by atoms with van der Waals surface area (Å²) in [6.07, 6.45) is 0. The summed E-state index contributed by atoms with van der Waals surface area (Å²) >= 11 is 5.95. The molecule has 1 saturated heterocycles. The van der Waals surface area contributed by atoms with Gasteiger partial charge >= 0.3 is 0 Å². The van der Waals surface area contributed by atoms with Crippen molar-refractivity contribution >= 4 is 47.2 Å². The minimum Gasteiger partial charge on any atom is -0.370 e. The van der Waals surface area contributed by atoms with Crippen LogP contribution in [0.15, 0.2) is 33.8 Å². The van der Waals surface area contributed by atoms with E-state index in [-0.39, 0.29) is 29.4 Å². The summed E-state index contributed by atoms with van der Waals surface area (Å²) in [5, 5.41) is 4.72. The van der Waals surface area contributed by atoms with E-state index in [0.717, 1.165) is 31.2 Å². The van der Waals surface area contributed by atoms with Gasteiger partial charge in [-0.2, -0.15) is 4.98 Å². The second-order valence-corrected chi connectivity index (χ2v) is 7.83. The van der Waals surface area contributed by atoms with Crippen molar-refractivity contribution in [3.8, 4) is 0 Å². The van der Waals surface area contributed by atoms with E-state index >= 15 is 0 Å². The molecule has 148 valence electrons. The fourth-order valence-corrected chi connectivity index (χ4v) is 2.85. The van der Waals surface area contributed by atoms with Gasteiger partial charge in [-0.3, -0.25) is 0 Å². The summed E-state index contributed by atoms with van der Waals surface area (Å²) in [6.45, 7) is 9.81. The van der Waals surface area contributed by atoms with Crippen molar-refractivity contribution in [1.29, 1.82) is 0 Å². The lowest BCUT2D eigenvalue weighted by Gasteiger charge is -2.36. The Morgan fingerprint density at radius 1 is 1.19 bits per heavy atom. The van der Waals surface area contributed by atoms with Crippen molar-refractivity contribution in [2.45, 2.75) is 32.7 Å². The fourth-order valence-electron chi connectivity index (χ4n) is 2.72. The van der Waals surface area contributed by atoms with Crippen LogP contribution in [0.4, 0.5) is 5.69 Å². The zero-order chi connectivity index (χ0) is 18.7. The van der Waals surface area contributed by atoms with Gasteiger partial charge in [0.05, 0.1) is 0 Å². The number of benzene rings is 1. The molecule has 0 aliphatic carbocycles. The average molecular weight is 505 g/mol. The zero-order valence-electron chi connectivity index (χ0n) is 15.9. The highest BCUT2D eigenvalue weighted by molar-refractivity contribution is 14.0. The van der Waals surface area contributed by atoms with Gasteiger partial charge in [0.1, 0.15) is 6.54 Å². The summed E-state index contributed by atoms with van der Waals surface area (Å²) in [5.74, 6) is 1.68. The Labute approximate surface area is 182 Å². The molecular formula is C18H26ClIN6O. The molecule has 0 radical (unpaired) electrons. The van der Waals surface area contributed by atoms with E-state index in [1.54, 1.807) is 0 Å². The van der Waals surface area contributed by atoms with Crippen LogP contribution in [0.3, 0.4) is 0 Å². The number of anilines is 1. The summed E-state index contributed by atoms with van der Waals surface area (Å²) in [4.78, 5) is 13.2. The first-order valence-electron chi connectivity index (χ1n) is 8.71. The normalized spacial score (nSPS) is 15.6. The van der Waals surface area contributed by atoms with Gasteiger partial charge in [0.25, 0.3) is 0 Å². The molecule has 1 aliphatic rings. The topological polar surface area (TPSA) is 83.8 Å². The van der Waals surface area contributed by atoms with Gasteiger partial charge in [-0.25, -0.2) is 4.99 Å². The summed E-state index contributed by atoms with van der Waals surface area (Å²) < 4.78 is 5.28. The van der Waals surface area contributed by atoms with Crippen LogP contribution in [0, 0.1) is 0 Å². The van der Waals surface area contributed by atoms with Gasteiger partial charge in [0.15, 0.2) is 11.8 Å². The Morgan fingerprint density at radius 2 is 1.81 bits per heavy atom. The molecule has 2 heterocycles. The molecule has 3 rings (SSSR count). The first kappa shape index (κ1) is 21.7. The second kappa shape index (κ2) is 9.09. The van der Waals surface area contributed by atoms with Crippen molar-refractivity contribution in [3.05, 3.63) is 41.0 Å². The predicted molar refractivity (Wildman–Crippen MR) is 119 cm³/mol. The summed E-state index contributed by atoms with van der Waals surface area (Å²) in [5.41, 5.74) is 7.15. The molecule has 0 spiro atoms. The number of aliphatic imine (C=N–C) groups is 1. The smallest absolute Gasteiger partial charge is 0.232 e. The Balaban J connectivity index is 0.00000261. The predicted octanol–water partition coefficient (Wildman–Crippen LogP) is 3.28. The number of nitrogens with zero attached hydrogens (tertiary/aromatic N) is 5. The molecule has 1 aromatic heterocycles. The fraction of sp³-hybridized carbons (Fsp3) is 0.500. The Hall–Kier alpha value is -1.55. The van der Waals surface area contributed by atoms with Gasteiger partial charge in [0.2, 0.25) is 5.89 Å². The van der Waals surface area contributed by atoms with E-state index in [2.05, 4.69) is 24.9 Å². The number of guanidine groups is 1. The third kappa shape index (κ3) is 5.71. The summed E-state index contributed by atoms with van der Waals surface area (Å²) in [7, 11) is 0. The minimum atomic E-state index is -0.168. The quantitative estimate of drug-likeness (QED) is 0.392. The lowest BCUT2D eigenvalue weighted by molar-refractivity contribution is 0.318. The van der Waals surface area contributed by atoms with Crippen molar-refractivity contribution in [2.75, 3.05) is 31.1 Å². The van der Waals surface area contributed by atoms with E-state index in [1.165, 1.54) is 5.69 Å². The minimum absolute atomic E-state index is 0. The van der Waals surface area contributed by atoms with Gasteiger partial charge in [-0.15, -0.1) is 24.0 Å². The number of hydrogen-bond acceptors (Lipinski definition) is 5. The number of piperazine rings is 1. The van der Waals surface area contributed by atoms with Crippen molar-refractivity contribution in [3.63, 3.8) is 0 Å². The van der Waals surface area contributed by atoms with E-state index in [4.69, 9.17) is 21.9 Å². The van der Waals surface area contributed by atoms with Crippen molar-refractivity contribution in [1.82, 2.24) is 15.0 Å². The van der Waals surface area contributed by atoms with Gasteiger partial charge in [-0.1, -0.05) is 37.5 Å². The highest BCUT2D eigenvalue weighted by atomic mass is 127. The van der Waals surface area contributed by atoms with Crippen LogP contribution in [0.5, 0.6) is 0 Å². The third-order valence-electron chi connectivity index (χ3n) is 4.29. The molecule has 0 saturated carbocycles. The van der Waals surface area contributed by atoms with Gasteiger partial charge in [-0.05, 0) is 24.3 Å². The van der Waals surface area contributed by atoms with Crippen LogP contribution in [-0.2, 0) is 12.0 Å². The highest BCUT2D eigenvalue weighted by Gasteiger charge is 2.22. The first-order valence-corrected chi connectivity index (χ1v) is 9.09. The Bertz CT molecular complexity index is 763. The lowest BCUT2D eigenvalue weighted by atomic mass is 9.97. The molecule has 9 heteroatoms. The van der Waals surface area contributed by atoms with Gasteiger partial charge in [0, 0.05) is 42.3 Å². The number of aromatic nitrogens is 2. The van der Waals surface area contributed by atoms with Gasteiger partial charge < -0.3 is 20.1 Å². The number of rotatable bonds is 3. The Kier molecular flexibility index (Phi) is 7.32. The molecule has 2 N–H and O–H groups in total. The monoisotopic (exact) mass is 504 g/mol. The Morgan fingerprint density at radius 3 is 2.37 bits per heavy atom. The zero-order valence-corrected chi connectivity index (χ0v) is 18.9.